The van der Waals surface area contributed by atoms with Gasteiger partial charge in [0, 0.05) is 28.9 Å². The van der Waals surface area contributed by atoms with Gasteiger partial charge in [0.05, 0.1) is 16.8 Å². The van der Waals surface area contributed by atoms with Gasteiger partial charge in [-0.2, -0.15) is 0 Å². The summed E-state index contributed by atoms with van der Waals surface area (Å²) >= 11 is 0. The van der Waals surface area contributed by atoms with Crippen molar-refractivity contribution in [3.63, 3.8) is 0 Å². The maximum Gasteiger partial charge on any atom is 0.335 e. The zero-order chi connectivity index (χ0) is 22.7. The van der Waals surface area contributed by atoms with Crippen LogP contribution in [0, 0.1) is 13.8 Å². The third-order valence-corrected chi connectivity index (χ3v) is 5.57. The molecule has 2 aromatic carbocycles. The standard InChI is InChI=1S/C25H26N2O4/c1-5-15(2)18-6-8-22(9-7-18)26-14-21-10-16(3)27(17(21)4)23-12-19(24(28)29)11-20(13-23)25(30)31/h6-15H,5H2,1-4H3,(H,28,29)(H,30,31)/t15-/m0/s1. The molecule has 0 aliphatic rings. The van der Waals surface area contributed by atoms with Crippen LogP contribution < -0.4 is 0 Å². The maximum absolute atomic E-state index is 11.5. The molecule has 0 radical (unpaired) electrons. The van der Waals surface area contributed by atoms with E-state index in [-0.39, 0.29) is 11.1 Å². The quantitative estimate of drug-likeness (QED) is 0.478. The van der Waals surface area contributed by atoms with Crippen LogP contribution in [0.4, 0.5) is 5.69 Å². The Bertz CT molecular complexity index is 1120. The highest BCUT2D eigenvalue weighted by molar-refractivity contribution is 5.95. The van der Waals surface area contributed by atoms with Crippen molar-refractivity contribution in [2.75, 3.05) is 0 Å². The highest BCUT2D eigenvalue weighted by atomic mass is 16.4. The normalized spacial score (nSPS) is 12.3. The highest BCUT2D eigenvalue weighted by Gasteiger charge is 2.16. The molecule has 0 spiro atoms. The van der Waals surface area contributed by atoms with Crippen molar-refractivity contribution in [3.8, 4) is 5.69 Å². The van der Waals surface area contributed by atoms with E-state index in [1.165, 1.54) is 17.7 Å². The number of aliphatic imine (C=N–C) groups is 1. The Hall–Kier alpha value is -3.67. The first-order valence-electron chi connectivity index (χ1n) is 10.2. The zero-order valence-electron chi connectivity index (χ0n) is 18.1. The Morgan fingerprint density at radius 3 is 2.10 bits per heavy atom. The number of nitrogens with zero attached hydrogens (tertiary/aromatic N) is 2. The van der Waals surface area contributed by atoms with Gasteiger partial charge in [-0.15, -0.1) is 0 Å². The fourth-order valence-corrected chi connectivity index (χ4v) is 3.57. The minimum atomic E-state index is -1.17. The molecular formula is C25H26N2O4. The van der Waals surface area contributed by atoms with Crippen LogP contribution in [0.5, 0.6) is 0 Å². The van der Waals surface area contributed by atoms with Gasteiger partial charge in [0.2, 0.25) is 0 Å². The van der Waals surface area contributed by atoms with Crippen molar-refractivity contribution in [2.45, 2.75) is 40.0 Å². The van der Waals surface area contributed by atoms with Crippen LogP contribution in [-0.4, -0.2) is 32.9 Å². The third kappa shape index (κ3) is 4.74. The molecule has 3 rings (SSSR count). The van der Waals surface area contributed by atoms with Gasteiger partial charge in [0.1, 0.15) is 0 Å². The average molecular weight is 418 g/mol. The van der Waals surface area contributed by atoms with E-state index >= 15 is 0 Å². The summed E-state index contributed by atoms with van der Waals surface area (Å²) in [7, 11) is 0. The lowest BCUT2D eigenvalue weighted by atomic mass is 9.99. The molecule has 6 nitrogen and oxygen atoms in total. The lowest BCUT2D eigenvalue weighted by molar-refractivity contribution is 0.0696. The van der Waals surface area contributed by atoms with E-state index in [2.05, 4.69) is 31.0 Å². The summed E-state index contributed by atoms with van der Waals surface area (Å²) in [6, 6.07) is 14.2. The van der Waals surface area contributed by atoms with E-state index in [1.54, 1.807) is 6.21 Å². The molecule has 0 unspecified atom stereocenters. The van der Waals surface area contributed by atoms with E-state index in [1.807, 2.05) is 36.6 Å². The van der Waals surface area contributed by atoms with Gasteiger partial charge in [-0.05, 0) is 68.1 Å². The fourth-order valence-electron chi connectivity index (χ4n) is 3.57. The molecule has 0 bridgehead atoms. The summed E-state index contributed by atoms with van der Waals surface area (Å²) in [5.41, 5.74) is 5.05. The number of carboxylic acid groups (broad SMARTS) is 2. The summed E-state index contributed by atoms with van der Waals surface area (Å²) in [4.78, 5) is 27.5. The average Bonchev–Trinajstić information content (AvgIpc) is 3.04. The second-order valence-corrected chi connectivity index (χ2v) is 7.70. The SMILES string of the molecule is CC[C@H](C)c1ccc(N=Cc2cc(C)n(-c3cc(C(=O)O)cc(C(=O)O)c3)c2C)cc1. The number of rotatable bonds is 7. The largest absolute Gasteiger partial charge is 0.478 e. The molecule has 0 amide bonds. The van der Waals surface area contributed by atoms with E-state index < -0.39 is 11.9 Å². The number of carbonyl (C=O) groups is 2. The predicted octanol–water partition coefficient (Wildman–Crippen LogP) is 5.75. The molecule has 160 valence electrons. The molecule has 2 N–H and O–H groups in total. The van der Waals surface area contributed by atoms with Crippen molar-refractivity contribution in [3.05, 3.63) is 82.2 Å². The van der Waals surface area contributed by atoms with Crippen molar-refractivity contribution < 1.29 is 19.8 Å². The topological polar surface area (TPSA) is 91.9 Å². The van der Waals surface area contributed by atoms with Crippen molar-refractivity contribution in [1.82, 2.24) is 4.57 Å². The van der Waals surface area contributed by atoms with Gasteiger partial charge in [0.25, 0.3) is 0 Å². The molecule has 1 heterocycles. The van der Waals surface area contributed by atoms with Crippen LogP contribution in [0.15, 0.2) is 53.5 Å². The second kappa shape index (κ2) is 9.00. The summed E-state index contributed by atoms with van der Waals surface area (Å²) in [5.74, 6) is -1.84. The zero-order valence-corrected chi connectivity index (χ0v) is 18.1. The molecule has 0 saturated carbocycles. The molecule has 31 heavy (non-hydrogen) atoms. The molecule has 0 saturated heterocycles. The van der Waals surface area contributed by atoms with Crippen molar-refractivity contribution in [1.29, 1.82) is 0 Å². The fraction of sp³-hybridized carbons (Fsp3) is 0.240. The first kappa shape index (κ1) is 22.0. The molecule has 1 atom stereocenters. The minimum Gasteiger partial charge on any atom is -0.478 e. The van der Waals surface area contributed by atoms with Crippen molar-refractivity contribution in [2.24, 2.45) is 4.99 Å². The molecular weight excluding hydrogens is 392 g/mol. The predicted molar refractivity (Wildman–Crippen MR) is 122 cm³/mol. The molecule has 1 aromatic heterocycles. The first-order chi connectivity index (χ1) is 14.7. The van der Waals surface area contributed by atoms with Crippen molar-refractivity contribution >= 4 is 23.8 Å². The summed E-state index contributed by atoms with van der Waals surface area (Å²) in [6.45, 7) is 8.15. The third-order valence-electron chi connectivity index (χ3n) is 5.57. The smallest absolute Gasteiger partial charge is 0.335 e. The molecule has 0 fully saturated rings. The van der Waals surface area contributed by atoms with Gasteiger partial charge in [-0.25, -0.2) is 9.59 Å². The Balaban J connectivity index is 1.97. The van der Waals surface area contributed by atoms with Crippen LogP contribution >= 0.6 is 0 Å². The van der Waals surface area contributed by atoms with Gasteiger partial charge < -0.3 is 14.8 Å². The highest BCUT2D eigenvalue weighted by Crippen LogP contribution is 2.24. The number of hydrogen-bond donors (Lipinski definition) is 2. The van der Waals surface area contributed by atoms with Gasteiger partial charge in [0.15, 0.2) is 0 Å². The molecule has 6 heteroatoms. The minimum absolute atomic E-state index is 0.0704. The van der Waals surface area contributed by atoms with Crippen LogP contribution in [0.3, 0.4) is 0 Å². The van der Waals surface area contributed by atoms with Gasteiger partial charge >= 0.3 is 11.9 Å². The number of hydrogen-bond acceptors (Lipinski definition) is 3. The van der Waals surface area contributed by atoms with Crippen LogP contribution in [0.25, 0.3) is 5.69 Å². The maximum atomic E-state index is 11.5. The lowest BCUT2D eigenvalue weighted by Crippen LogP contribution is -2.07. The van der Waals surface area contributed by atoms with E-state index in [4.69, 9.17) is 0 Å². The summed E-state index contributed by atoms with van der Waals surface area (Å²) in [6.07, 6.45) is 2.86. The molecule has 0 aliphatic heterocycles. The number of aryl methyl sites for hydroxylation is 1. The Labute approximate surface area is 181 Å². The lowest BCUT2D eigenvalue weighted by Gasteiger charge is -2.12. The van der Waals surface area contributed by atoms with Crippen LogP contribution in [-0.2, 0) is 0 Å². The number of benzene rings is 2. The Morgan fingerprint density at radius 1 is 1.00 bits per heavy atom. The summed E-state index contributed by atoms with van der Waals surface area (Å²) in [5, 5.41) is 18.7. The Morgan fingerprint density at radius 2 is 1.58 bits per heavy atom. The molecule has 0 aliphatic carbocycles. The first-order valence-corrected chi connectivity index (χ1v) is 10.2. The van der Waals surface area contributed by atoms with Gasteiger partial charge in [-0.1, -0.05) is 26.0 Å². The number of aromatic carboxylic acids is 2. The summed E-state index contributed by atoms with van der Waals surface area (Å²) < 4.78 is 1.84. The van der Waals surface area contributed by atoms with E-state index in [9.17, 15) is 19.8 Å². The number of carboxylic acids is 2. The monoisotopic (exact) mass is 418 g/mol. The van der Waals surface area contributed by atoms with Crippen LogP contribution in [0.2, 0.25) is 0 Å². The van der Waals surface area contributed by atoms with E-state index in [0.29, 0.717) is 11.6 Å². The van der Waals surface area contributed by atoms with Gasteiger partial charge in [-0.3, -0.25) is 4.99 Å². The van der Waals surface area contributed by atoms with Crippen LogP contribution in [0.1, 0.15) is 69.4 Å². The van der Waals surface area contributed by atoms with E-state index in [0.717, 1.165) is 35.1 Å². The molecule has 3 aromatic rings. The Kier molecular flexibility index (Phi) is 6.39. The second-order valence-electron chi connectivity index (χ2n) is 7.70. The number of aromatic nitrogens is 1.